The Hall–Kier alpha value is -2.21. The lowest BCUT2D eigenvalue weighted by atomic mass is 10.1. The number of benzene rings is 1. The highest BCUT2D eigenvalue weighted by Gasteiger charge is 2.15. The number of fused-ring (bicyclic) bond motifs is 1. The van der Waals surface area contributed by atoms with Crippen LogP contribution in [0.5, 0.6) is 0 Å². The van der Waals surface area contributed by atoms with E-state index in [0.717, 1.165) is 0 Å². The van der Waals surface area contributed by atoms with Gasteiger partial charge in [0.25, 0.3) is 5.91 Å². The Morgan fingerprint density at radius 2 is 2.20 bits per heavy atom. The Bertz CT molecular complexity index is 666. The van der Waals surface area contributed by atoms with E-state index in [2.05, 4.69) is 15.5 Å². The van der Waals surface area contributed by atoms with Crippen LogP contribution < -0.4 is 10.7 Å². The topological polar surface area (TPSA) is 95.1 Å². The maximum Gasteiger partial charge on any atom is 0.275 e. The zero-order valence-corrected chi connectivity index (χ0v) is 11.2. The maximum atomic E-state index is 12.2. The van der Waals surface area contributed by atoms with Gasteiger partial charge in [0.05, 0.1) is 5.52 Å². The lowest BCUT2D eigenvalue weighted by Gasteiger charge is -2.10. The summed E-state index contributed by atoms with van der Waals surface area (Å²) in [5, 5.41) is 18.4. The summed E-state index contributed by atoms with van der Waals surface area (Å²) in [6, 6.07) is 6.91. The van der Waals surface area contributed by atoms with Gasteiger partial charge in [-0.05, 0) is 24.5 Å². The average molecular weight is 275 g/mol. The van der Waals surface area contributed by atoms with Crippen LogP contribution >= 0.6 is 0 Å². The highest BCUT2D eigenvalue weighted by atomic mass is 16.3. The maximum absolute atomic E-state index is 12.2. The quantitative estimate of drug-likeness (QED) is 0.747. The van der Waals surface area contributed by atoms with Crippen molar-refractivity contribution in [3.63, 3.8) is 0 Å². The molecule has 20 heavy (non-hydrogen) atoms. The third kappa shape index (κ3) is 3.03. The van der Waals surface area contributed by atoms with Gasteiger partial charge in [0.2, 0.25) is 5.43 Å². The minimum absolute atomic E-state index is 0.0752. The molecule has 1 atom stereocenters. The molecule has 106 valence electrons. The molecule has 1 unspecified atom stereocenters. The van der Waals surface area contributed by atoms with Crippen LogP contribution in [0, 0.1) is 5.92 Å². The number of aliphatic hydroxyl groups is 1. The van der Waals surface area contributed by atoms with Gasteiger partial charge >= 0.3 is 0 Å². The van der Waals surface area contributed by atoms with Gasteiger partial charge in [-0.15, -0.1) is 0 Å². The van der Waals surface area contributed by atoms with Crippen molar-refractivity contribution in [3.05, 3.63) is 40.2 Å². The zero-order chi connectivity index (χ0) is 14.5. The summed E-state index contributed by atoms with van der Waals surface area (Å²) in [4.78, 5) is 24.1. The van der Waals surface area contributed by atoms with Crippen LogP contribution in [-0.4, -0.2) is 34.4 Å². The van der Waals surface area contributed by atoms with E-state index in [-0.39, 0.29) is 23.6 Å². The summed E-state index contributed by atoms with van der Waals surface area (Å²) in [7, 11) is 0. The third-order valence-electron chi connectivity index (χ3n) is 3.12. The van der Waals surface area contributed by atoms with E-state index in [1.54, 1.807) is 24.3 Å². The van der Waals surface area contributed by atoms with Crippen molar-refractivity contribution in [2.75, 3.05) is 13.2 Å². The number of aromatic amines is 1. The lowest BCUT2D eigenvalue weighted by Crippen LogP contribution is -2.33. The van der Waals surface area contributed by atoms with Crippen LogP contribution in [0.2, 0.25) is 0 Å². The first-order valence-electron chi connectivity index (χ1n) is 6.50. The monoisotopic (exact) mass is 275 g/mol. The van der Waals surface area contributed by atoms with Crippen LogP contribution in [0.4, 0.5) is 0 Å². The SMILES string of the molecule is CC(CCO)CNC(=O)c1n[nH]c2ccccc2c1=O. The minimum atomic E-state index is -0.498. The summed E-state index contributed by atoms with van der Waals surface area (Å²) >= 11 is 0. The van der Waals surface area contributed by atoms with Crippen molar-refractivity contribution in [2.45, 2.75) is 13.3 Å². The molecule has 1 heterocycles. The number of rotatable bonds is 5. The van der Waals surface area contributed by atoms with E-state index in [9.17, 15) is 9.59 Å². The van der Waals surface area contributed by atoms with Crippen LogP contribution in [0.25, 0.3) is 10.9 Å². The Morgan fingerprint density at radius 3 is 2.95 bits per heavy atom. The van der Waals surface area contributed by atoms with Gasteiger partial charge in [0, 0.05) is 18.5 Å². The number of H-pyrrole nitrogens is 1. The van der Waals surface area contributed by atoms with Gasteiger partial charge in [-0.2, -0.15) is 5.10 Å². The van der Waals surface area contributed by atoms with E-state index in [1.165, 1.54) is 0 Å². The fourth-order valence-electron chi connectivity index (χ4n) is 1.90. The Balaban J connectivity index is 2.18. The summed E-state index contributed by atoms with van der Waals surface area (Å²) in [6.45, 7) is 2.38. The molecule has 2 rings (SSSR count). The molecule has 6 nitrogen and oxygen atoms in total. The number of nitrogens with one attached hydrogen (secondary N) is 2. The molecule has 0 spiro atoms. The van der Waals surface area contributed by atoms with Crippen molar-refractivity contribution in [1.82, 2.24) is 15.5 Å². The highest BCUT2D eigenvalue weighted by molar-refractivity contribution is 5.95. The van der Waals surface area contributed by atoms with Crippen molar-refractivity contribution >= 4 is 16.8 Å². The average Bonchev–Trinajstić information content (AvgIpc) is 2.46. The van der Waals surface area contributed by atoms with Crippen LogP contribution in [-0.2, 0) is 0 Å². The number of hydrogen-bond donors (Lipinski definition) is 3. The predicted molar refractivity (Wildman–Crippen MR) is 75.6 cm³/mol. The normalized spacial score (nSPS) is 12.3. The number of aromatic nitrogens is 2. The summed E-state index contributed by atoms with van der Waals surface area (Å²) in [6.07, 6.45) is 0.599. The molecule has 1 aromatic heterocycles. The molecule has 0 radical (unpaired) electrons. The molecule has 2 aromatic rings. The molecule has 1 amide bonds. The number of hydrogen-bond acceptors (Lipinski definition) is 4. The minimum Gasteiger partial charge on any atom is -0.396 e. The number of para-hydroxylation sites is 1. The molecule has 0 aliphatic heterocycles. The number of carbonyl (C=O) groups is 1. The second-order valence-corrected chi connectivity index (χ2v) is 4.77. The van der Waals surface area contributed by atoms with Gasteiger partial charge in [-0.1, -0.05) is 19.1 Å². The third-order valence-corrected chi connectivity index (χ3v) is 3.12. The van der Waals surface area contributed by atoms with Crippen molar-refractivity contribution in [3.8, 4) is 0 Å². The smallest absolute Gasteiger partial charge is 0.275 e. The lowest BCUT2D eigenvalue weighted by molar-refractivity contribution is 0.0938. The van der Waals surface area contributed by atoms with E-state index < -0.39 is 5.91 Å². The molecular formula is C14H17N3O3. The van der Waals surface area contributed by atoms with Crippen LogP contribution in [0.3, 0.4) is 0 Å². The fraction of sp³-hybridized carbons (Fsp3) is 0.357. The van der Waals surface area contributed by atoms with E-state index in [0.29, 0.717) is 23.9 Å². The van der Waals surface area contributed by atoms with Gasteiger partial charge in [-0.3, -0.25) is 14.7 Å². The molecule has 0 aliphatic rings. The highest BCUT2D eigenvalue weighted by Crippen LogP contribution is 2.05. The largest absolute Gasteiger partial charge is 0.396 e. The van der Waals surface area contributed by atoms with Gasteiger partial charge in [0.15, 0.2) is 5.69 Å². The molecule has 0 aliphatic carbocycles. The number of aliphatic hydroxyl groups excluding tert-OH is 1. The number of amides is 1. The van der Waals surface area contributed by atoms with Crippen LogP contribution in [0.1, 0.15) is 23.8 Å². The van der Waals surface area contributed by atoms with E-state index in [1.807, 2.05) is 6.92 Å². The summed E-state index contributed by atoms with van der Waals surface area (Å²) in [5.41, 5.74) is 0.0780. The summed E-state index contributed by atoms with van der Waals surface area (Å²) in [5.74, 6) is -0.356. The Labute approximate surface area is 115 Å². The fourth-order valence-corrected chi connectivity index (χ4v) is 1.90. The molecule has 6 heteroatoms. The van der Waals surface area contributed by atoms with Gasteiger partial charge in [-0.25, -0.2) is 0 Å². The van der Waals surface area contributed by atoms with E-state index in [4.69, 9.17) is 5.11 Å². The second kappa shape index (κ2) is 6.29. The molecule has 3 N–H and O–H groups in total. The van der Waals surface area contributed by atoms with Crippen molar-refractivity contribution in [2.24, 2.45) is 5.92 Å². The van der Waals surface area contributed by atoms with Crippen molar-refractivity contribution < 1.29 is 9.90 Å². The zero-order valence-electron chi connectivity index (χ0n) is 11.2. The Kier molecular flexibility index (Phi) is 4.47. The molecular weight excluding hydrogens is 258 g/mol. The Morgan fingerprint density at radius 1 is 1.45 bits per heavy atom. The first kappa shape index (κ1) is 14.2. The molecule has 0 bridgehead atoms. The van der Waals surface area contributed by atoms with Gasteiger partial charge < -0.3 is 10.4 Å². The van der Waals surface area contributed by atoms with Crippen molar-refractivity contribution in [1.29, 1.82) is 0 Å². The number of carbonyl (C=O) groups excluding carboxylic acids is 1. The van der Waals surface area contributed by atoms with Crippen LogP contribution in [0.15, 0.2) is 29.1 Å². The summed E-state index contributed by atoms with van der Waals surface area (Å²) < 4.78 is 0. The van der Waals surface area contributed by atoms with E-state index >= 15 is 0 Å². The number of nitrogens with zero attached hydrogens (tertiary/aromatic N) is 1. The molecule has 0 saturated heterocycles. The van der Waals surface area contributed by atoms with Gasteiger partial charge in [0.1, 0.15) is 0 Å². The standard InChI is InChI=1S/C14H17N3O3/c1-9(6-7-18)8-15-14(20)12-13(19)10-4-2-3-5-11(10)16-17-12/h2-5,9,18H,6-8H2,1H3,(H,15,20)(H,16,19). The first-order valence-corrected chi connectivity index (χ1v) is 6.50. The molecule has 1 aromatic carbocycles. The molecule has 0 saturated carbocycles. The molecule has 0 fully saturated rings. The first-order chi connectivity index (χ1) is 9.63. The predicted octanol–water partition coefficient (Wildman–Crippen LogP) is 0.671. The second-order valence-electron chi connectivity index (χ2n) is 4.77.